The number of fused-ring (bicyclic) bond motifs is 2. The summed E-state index contributed by atoms with van der Waals surface area (Å²) in [5.74, 6) is 0.481. The van der Waals surface area contributed by atoms with Gasteiger partial charge in [-0.3, -0.25) is 4.98 Å². The van der Waals surface area contributed by atoms with Crippen LogP contribution in [0, 0.1) is 20.8 Å². The van der Waals surface area contributed by atoms with Crippen LogP contribution in [0.1, 0.15) is 36.2 Å². The summed E-state index contributed by atoms with van der Waals surface area (Å²) in [6.45, 7) is 9.90. The number of hydrogen-bond donors (Lipinski definition) is 0. The molecule has 32 heavy (non-hydrogen) atoms. The summed E-state index contributed by atoms with van der Waals surface area (Å²) < 4.78 is 16.7. The van der Waals surface area contributed by atoms with Crippen molar-refractivity contribution in [1.29, 1.82) is 0 Å². The standard InChI is InChI=1S/C24H25N3O4S/c1-12(2)30-24(28)31-19-9-20-21(15(5)14(19)4)27-23(32-20)17-7-13(3)8-18-22(17)25-10-16(26-18)11-29-6/h7-10,12H,11H2,1-6H3. The largest absolute Gasteiger partial charge is 0.514 e. The molecule has 2 aromatic heterocycles. The van der Waals surface area contributed by atoms with E-state index in [9.17, 15) is 4.79 Å². The maximum atomic E-state index is 12.0. The number of thiazole rings is 1. The van der Waals surface area contributed by atoms with Crippen molar-refractivity contribution in [3.05, 3.63) is 46.8 Å². The molecule has 0 bridgehead atoms. The highest BCUT2D eigenvalue weighted by atomic mass is 32.1. The molecule has 166 valence electrons. The van der Waals surface area contributed by atoms with Gasteiger partial charge in [0.25, 0.3) is 0 Å². The Kier molecular flexibility index (Phi) is 6.08. The normalized spacial score (nSPS) is 11.5. The molecule has 0 aliphatic heterocycles. The Labute approximate surface area is 190 Å². The number of ether oxygens (including phenoxy) is 3. The Morgan fingerprint density at radius 1 is 1.06 bits per heavy atom. The Bertz CT molecular complexity index is 1330. The van der Waals surface area contributed by atoms with E-state index in [-0.39, 0.29) is 6.10 Å². The number of rotatable bonds is 5. The number of methoxy groups -OCH3 is 1. The quantitative estimate of drug-likeness (QED) is 0.276. The first-order chi connectivity index (χ1) is 15.3. The number of carbonyl (C=O) groups excluding carboxylic acids is 1. The van der Waals surface area contributed by atoms with Crippen LogP contribution in [0.3, 0.4) is 0 Å². The van der Waals surface area contributed by atoms with Gasteiger partial charge in [0.05, 0.1) is 45.9 Å². The van der Waals surface area contributed by atoms with Gasteiger partial charge >= 0.3 is 6.16 Å². The Morgan fingerprint density at radius 2 is 1.84 bits per heavy atom. The fourth-order valence-corrected chi connectivity index (χ4v) is 4.57. The maximum absolute atomic E-state index is 12.0. The number of hydrogen-bond acceptors (Lipinski definition) is 8. The number of nitrogens with zero attached hydrogens (tertiary/aromatic N) is 3. The third-order valence-electron chi connectivity index (χ3n) is 5.09. The number of carbonyl (C=O) groups is 1. The molecular weight excluding hydrogens is 426 g/mol. The molecule has 0 aliphatic carbocycles. The van der Waals surface area contributed by atoms with Crippen molar-refractivity contribution in [2.45, 2.75) is 47.3 Å². The topological polar surface area (TPSA) is 83.4 Å². The van der Waals surface area contributed by atoms with E-state index in [0.717, 1.165) is 54.2 Å². The van der Waals surface area contributed by atoms with E-state index in [1.165, 1.54) is 11.3 Å². The van der Waals surface area contributed by atoms with Gasteiger partial charge in [0.15, 0.2) is 0 Å². The van der Waals surface area contributed by atoms with Crippen molar-refractivity contribution < 1.29 is 19.0 Å². The van der Waals surface area contributed by atoms with E-state index in [0.29, 0.717) is 12.4 Å². The summed E-state index contributed by atoms with van der Waals surface area (Å²) in [6.07, 6.45) is 0.779. The lowest BCUT2D eigenvalue weighted by Gasteiger charge is -2.11. The van der Waals surface area contributed by atoms with Crippen LogP contribution in [0.5, 0.6) is 5.75 Å². The van der Waals surface area contributed by atoms with Crippen LogP contribution in [0.4, 0.5) is 4.79 Å². The molecule has 0 atom stereocenters. The zero-order valence-corrected chi connectivity index (χ0v) is 19.8. The molecule has 0 amide bonds. The van der Waals surface area contributed by atoms with Crippen molar-refractivity contribution in [3.63, 3.8) is 0 Å². The molecular formula is C24H25N3O4S. The van der Waals surface area contributed by atoms with Crippen molar-refractivity contribution in [2.24, 2.45) is 0 Å². The SMILES string of the molecule is COCc1cnc2c(-c3nc4c(C)c(C)c(OC(=O)OC(C)C)cc4s3)cc(C)cc2n1. The summed E-state index contributed by atoms with van der Waals surface area (Å²) in [6, 6.07) is 5.94. The molecule has 0 unspecified atom stereocenters. The molecule has 7 nitrogen and oxygen atoms in total. The Balaban J connectivity index is 1.81. The fourth-order valence-electron chi connectivity index (χ4n) is 3.50. The van der Waals surface area contributed by atoms with Crippen LogP contribution >= 0.6 is 11.3 Å². The third-order valence-corrected chi connectivity index (χ3v) is 6.13. The second kappa shape index (κ2) is 8.80. The number of benzene rings is 2. The third kappa shape index (κ3) is 4.28. The summed E-state index contributed by atoms with van der Waals surface area (Å²) in [5.41, 5.74) is 7.08. The van der Waals surface area contributed by atoms with E-state index in [1.54, 1.807) is 27.2 Å². The predicted octanol–water partition coefficient (Wildman–Crippen LogP) is 5.90. The number of aromatic nitrogens is 3. The van der Waals surface area contributed by atoms with Gasteiger partial charge in [-0.1, -0.05) is 0 Å². The second-order valence-electron chi connectivity index (χ2n) is 7.98. The van der Waals surface area contributed by atoms with Crippen molar-refractivity contribution in [2.75, 3.05) is 7.11 Å². The summed E-state index contributed by atoms with van der Waals surface area (Å²) in [5, 5.41) is 0.840. The van der Waals surface area contributed by atoms with E-state index in [4.69, 9.17) is 19.2 Å². The van der Waals surface area contributed by atoms with Gasteiger partial charge in [0.1, 0.15) is 10.8 Å². The van der Waals surface area contributed by atoms with Crippen LogP contribution in [-0.2, 0) is 16.1 Å². The smallest absolute Gasteiger partial charge is 0.431 e. The first kappa shape index (κ1) is 22.1. The average Bonchev–Trinajstić information content (AvgIpc) is 3.14. The Hall–Kier alpha value is -3.10. The lowest BCUT2D eigenvalue weighted by Crippen LogP contribution is -2.16. The first-order valence-electron chi connectivity index (χ1n) is 10.3. The fraction of sp³-hybridized carbons (Fsp3) is 0.333. The van der Waals surface area contributed by atoms with E-state index in [2.05, 4.69) is 16.0 Å². The van der Waals surface area contributed by atoms with Crippen molar-refractivity contribution in [1.82, 2.24) is 15.0 Å². The lowest BCUT2D eigenvalue weighted by molar-refractivity contribution is 0.0727. The number of aryl methyl sites for hydroxylation is 2. The lowest BCUT2D eigenvalue weighted by atomic mass is 10.1. The molecule has 4 aromatic rings. The molecule has 0 saturated heterocycles. The molecule has 0 aliphatic rings. The van der Waals surface area contributed by atoms with Gasteiger partial charge in [-0.05, 0) is 63.4 Å². The molecule has 2 aromatic carbocycles. The van der Waals surface area contributed by atoms with Crippen molar-refractivity contribution in [3.8, 4) is 16.3 Å². The van der Waals surface area contributed by atoms with Gasteiger partial charge in [-0.15, -0.1) is 11.3 Å². The zero-order chi connectivity index (χ0) is 23.0. The van der Waals surface area contributed by atoms with Crippen LogP contribution in [0.25, 0.3) is 31.8 Å². The highest BCUT2D eigenvalue weighted by Gasteiger charge is 2.19. The molecule has 8 heteroatoms. The van der Waals surface area contributed by atoms with Crippen LogP contribution in [-0.4, -0.2) is 34.3 Å². The van der Waals surface area contributed by atoms with Crippen molar-refractivity contribution >= 4 is 38.7 Å². The molecule has 2 heterocycles. The second-order valence-corrected chi connectivity index (χ2v) is 9.01. The molecule has 4 rings (SSSR count). The minimum Gasteiger partial charge on any atom is -0.431 e. The molecule has 0 radical (unpaired) electrons. The van der Waals surface area contributed by atoms with Gasteiger partial charge in [-0.2, -0.15) is 0 Å². The van der Waals surface area contributed by atoms with E-state index < -0.39 is 6.16 Å². The molecule has 0 N–H and O–H groups in total. The predicted molar refractivity (Wildman–Crippen MR) is 125 cm³/mol. The van der Waals surface area contributed by atoms with Crippen LogP contribution in [0.15, 0.2) is 24.4 Å². The average molecular weight is 452 g/mol. The van der Waals surface area contributed by atoms with Crippen LogP contribution in [0.2, 0.25) is 0 Å². The summed E-state index contributed by atoms with van der Waals surface area (Å²) in [4.78, 5) is 26.3. The van der Waals surface area contributed by atoms with Gasteiger partial charge < -0.3 is 14.2 Å². The van der Waals surface area contributed by atoms with Gasteiger partial charge in [0.2, 0.25) is 0 Å². The highest BCUT2D eigenvalue weighted by molar-refractivity contribution is 7.21. The molecule has 0 spiro atoms. The zero-order valence-electron chi connectivity index (χ0n) is 19.0. The molecule has 0 fully saturated rings. The van der Waals surface area contributed by atoms with Gasteiger partial charge in [-0.25, -0.2) is 14.8 Å². The molecule has 0 saturated carbocycles. The minimum absolute atomic E-state index is 0.247. The maximum Gasteiger partial charge on any atom is 0.514 e. The highest BCUT2D eigenvalue weighted by Crippen LogP contribution is 2.39. The van der Waals surface area contributed by atoms with E-state index in [1.807, 2.05) is 32.9 Å². The first-order valence-corrected chi connectivity index (χ1v) is 11.1. The monoisotopic (exact) mass is 451 g/mol. The van der Waals surface area contributed by atoms with Gasteiger partial charge in [0, 0.05) is 18.7 Å². The Morgan fingerprint density at radius 3 is 2.56 bits per heavy atom. The van der Waals surface area contributed by atoms with Crippen LogP contribution < -0.4 is 4.74 Å². The summed E-state index contributed by atoms with van der Waals surface area (Å²) in [7, 11) is 1.64. The van der Waals surface area contributed by atoms with E-state index >= 15 is 0 Å². The summed E-state index contributed by atoms with van der Waals surface area (Å²) >= 11 is 1.53. The minimum atomic E-state index is -0.710.